The first kappa shape index (κ1) is 17.5. The molecule has 0 saturated carbocycles. The average Bonchev–Trinajstić information content (AvgIpc) is 2.52. The van der Waals surface area contributed by atoms with Crippen LogP contribution in [0, 0.1) is 19.8 Å². The molecule has 1 aromatic carbocycles. The first-order valence-corrected chi connectivity index (χ1v) is 8.26. The highest BCUT2D eigenvalue weighted by molar-refractivity contribution is 5.93. The molecule has 0 aliphatic carbocycles. The van der Waals surface area contributed by atoms with Gasteiger partial charge >= 0.3 is 5.97 Å². The Morgan fingerprint density at radius 2 is 2.13 bits per heavy atom. The van der Waals surface area contributed by atoms with E-state index in [4.69, 9.17) is 4.74 Å². The smallest absolute Gasteiger partial charge is 0.310 e. The van der Waals surface area contributed by atoms with Gasteiger partial charge in [0.25, 0.3) is 0 Å². The van der Waals surface area contributed by atoms with Crippen molar-refractivity contribution in [1.82, 2.24) is 4.90 Å². The second-order valence-electron chi connectivity index (χ2n) is 6.12. The number of esters is 1. The van der Waals surface area contributed by atoms with Gasteiger partial charge in [-0.1, -0.05) is 12.1 Å². The summed E-state index contributed by atoms with van der Waals surface area (Å²) < 4.78 is 5.09. The van der Waals surface area contributed by atoms with Crippen molar-refractivity contribution in [1.29, 1.82) is 0 Å². The van der Waals surface area contributed by atoms with E-state index in [0.717, 1.165) is 36.2 Å². The number of hydrogen-bond acceptors (Lipinski definition) is 4. The summed E-state index contributed by atoms with van der Waals surface area (Å²) in [5.74, 6) is -0.299. The van der Waals surface area contributed by atoms with Gasteiger partial charge in [-0.05, 0) is 57.4 Å². The summed E-state index contributed by atoms with van der Waals surface area (Å²) in [6.07, 6.45) is 1.76. The van der Waals surface area contributed by atoms with Crippen LogP contribution in [-0.4, -0.2) is 43.0 Å². The fourth-order valence-corrected chi connectivity index (χ4v) is 2.93. The predicted molar refractivity (Wildman–Crippen MR) is 90.3 cm³/mol. The molecule has 1 saturated heterocycles. The fraction of sp³-hybridized carbons (Fsp3) is 0.556. The van der Waals surface area contributed by atoms with E-state index in [1.165, 1.54) is 0 Å². The number of ether oxygens (including phenoxy) is 1. The molecule has 1 heterocycles. The van der Waals surface area contributed by atoms with Crippen LogP contribution in [0.4, 0.5) is 5.69 Å². The normalized spacial score (nSPS) is 18.5. The quantitative estimate of drug-likeness (QED) is 0.848. The summed E-state index contributed by atoms with van der Waals surface area (Å²) in [4.78, 5) is 26.2. The molecule has 1 atom stereocenters. The summed E-state index contributed by atoms with van der Waals surface area (Å²) >= 11 is 0. The molecule has 1 amide bonds. The van der Waals surface area contributed by atoms with Crippen LogP contribution in [0.25, 0.3) is 0 Å². The van der Waals surface area contributed by atoms with Gasteiger partial charge in [0.15, 0.2) is 0 Å². The standard InChI is InChI=1S/C18H26N2O3/c1-4-23-18(22)15-8-6-10-20(11-15)12-17(21)19-16-9-5-7-13(2)14(16)3/h5,7,9,15H,4,6,8,10-12H2,1-3H3,(H,19,21)/t15-/m1/s1. The Kier molecular flexibility index (Phi) is 6.16. The molecule has 0 aromatic heterocycles. The first-order chi connectivity index (χ1) is 11.0. The van der Waals surface area contributed by atoms with Crippen LogP contribution >= 0.6 is 0 Å². The molecule has 1 fully saturated rings. The van der Waals surface area contributed by atoms with Crippen molar-refractivity contribution in [2.45, 2.75) is 33.6 Å². The lowest BCUT2D eigenvalue weighted by molar-refractivity contribution is -0.150. The maximum Gasteiger partial charge on any atom is 0.310 e. The summed E-state index contributed by atoms with van der Waals surface area (Å²) in [6, 6.07) is 5.88. The number of nitrogens with zero attached hydrogens (tertiary/aromatic N) is 1. The lowest BCUT2D eigenvalue weighted by Crippen LogP contribution is -2.43. The number of nitrogens with one attached hydrogen (secondary N) is 1. The number of rotatable bonds is 5. The summed E-state index contributed by atoms with van der Waals surface area (Å²) in [5.41, 5.74) is 3.10. The molecule has 1 aromatic rings. The van der Waals surface area contributed by atoms with Gasteiger partial charge in [-0.25, -0.2) is 0 Å². The van der Waals surface area contributed by atoms with E-state index in [9.17, 15) is 9.59 Å². The van der Waals surface area contributed by atoms with Crippen LogP contribution in [0.5, 0.6) is 0 Å². The second kappa shape index (κ2) is 8.11. The van der Waals surface area contributed by atoms with Gasteiger partial charge in [0.2, 0.25) is 5.91 Å². The molecule has 0 unspecified atom stereocenters. The zero-order valence-electron chi connectivity index (χ0n) is 14.2. The minimum atomic E-state index is -0.146. The van der Waals surface area contributed by atoms with E-state index in [0.29, 0.717) is 19.7 Å². The number of hydrogen-bond donors (Lipinski definition) is 1. The molecule has 1 N–H and O–H groups in total. The molecule has 0 radical (unpaired) electrons. The minimum Gasteiger partial charge on any atom is -0.466 e. The maximum absolute atomic E-state index is 12.3. The third-order valence-electron chi connectivity index (χ3n) is 4.37. The van der Waals surface area contributed by atoms with Crippen LogP contribution in [0.2, 0.25) is 0 Å². The van der Waals surface area contributed by atoms with Crippen LogP contribution in [0.15, 0.2) is 18.2 Å². The van der Waals surface area contributed by atoms with Crippen molar-refractivity contribution < 1.29 is 14.3 Å². The van der Waals surface area contributed by atoms with E-state index in [2.05, 4.69) is 5.32 Å². The number of benzene rings is 1. The lowest BCUT2D eigenvalue weighted by Gasteiger charge is -2.30. The maximum atomic E-state index is 12.3. The number of piperidine rings is 1. The minimum absolute atomic E-state index is 0.0387. The summed E-state index contributed by atoms with van der Waals surface area (Å²) in [6.45, 7) is 8.00. The zero-order valence-corrected chi connectivity index (χ0v) is 14.2. The second-order valence-corrected chi connectivity index (χ2v) is 6.12. The predicted octanol–water partition coefficient (Wildman–Crippen LogP) is 2.52. The number of carbonyl (C=O) groups is 2. The fourth-order valence-electron chi connectivity index (χ4n) is 2.93. The molecule has 23 heavy (non-hydrogen) atoms. The van der Waals surface area contributed by atoms with Crippen molar-refractivity contribution in [3.05, 3.63) is 29.3 Å². The highest BCUT2D eigenvalue weighted by Gasteiger charge is 2.27. The van der Waals surface area contributed by atoms with Gasteiger partial charge in [-0.2, -0.15) is 0 Å². The Bertz CT molecular complexity index is 571. The first-order valence-electron chi connectivity index (χ1n) is 8.26. The number of carbonyl (C=O) groups excluding carboxylic acids is 2. The van der Waals surface area contributed by atoms with E-state index in [1.807, 2.05) is 43.9 Å². The van der Waals surface area contributed by atoms with Crippen molar-refractivity contribution in [2.75, 3.05) is 31.6 Å². The average molecular weight is 318 g/mol. The van der Waals surface area contributed by atoms with Crippen LogP contribution in [-0.2, 0) is 14.3 Å². The van der Waals surface area contributed by atoms with E-state index in [-0.39, 0.29) is 17.8 Å². The third kappa shape index (κ3) is 4.79. The molecule has 0 spiro atoms. The highest BCUT2D eigenvalue weighted by atomic mass is 16.5. The van der Waals surface area contributed by atoms with Gasteiger partial charge in [-0.3, -0.25) is 14.5 Å². The van der Waals surface area contributed by atoms with Gasteiger partial charge < -0.3 is 10.1 Å². The molecule has 1 aliphatic rings. The van der Waals surface area contributed by atoms with Crippen molar-refractivity contribution >= 4 is 17.6 Å². The molecule has 5 heteroatoms. The molecular weight excluding hydrogens is 292 g/mol. The SMILES string of the molecule is CCOC(=O)[C@@H]1CCCN(CC(=O)Nc2cccc(C)c2C)C1. The van der Waals surface area contributed by atoms with Crippen molar-refractivity contribution in [3.8, 4) is 0 Å². The van der Waals surface area contributed by atoms with E-state index in [1.54, 1.807) is 0 Å². The topological polar surface area (TPSA) is 58.6 Å². The summed E-state index contributed by atoms with van der Waals surface area (Å²) in [5, 5.41) is 2.97. The highest BCUT2D eigenvalue weighted by Crippen LogP contribution is 2.20. The molecule has 1 aliphatic heterocycles. The van der Waals surface area contributed by atoms with Crippen LogP contribution in [0.3, 0.4) is 0 Å². The Balaban J connectivity index is 1.89. The Morgan fingerprint density at radius 3 is 2.87 bits per heavy atom. The molecule has 5 nitrogen and oxygen atoms in total. The zero-order chi connectivity index (χ0) is 16.8. The Morgan fingerprint density at radius 1 is 1.35 bits per heavy atom. The number of anilines is 1. The summed E-state index contributed by atoms with van der Waals surface area (Å²) in [7, 11) is 0. The van der Waals surface area contributed by atoms with Gasteiger partial charge in [0, 0.05) is 12.2 Å². The van der Waals surface area contributed by atoms with Crippen molar-refractivity contribution in [2.24, 2.45) is 5.92 Å². The number of amides is 1. The third-order valence-corrected chi connectivity index (χ3v) is 4.37. The monoisotopic (exact) mass is 318 g/mol. The Hall–Kier alpha value is -1.88. The van der Waals surface area contributed by atoms with Gasteiger partial charge in [-0.15, -0.1) is 0 Å². The van der Waals surface area contributed by atoms with Crippen LogP contribution < -0.4 is 5.32 Å². The molecular formula is C18H26N2O3. The van der Waals surface area contributed by atoms with Gasteiger partial charge in [0.05, 0.1) is 19.1 Å². The number of aryl methyl sites for hydroxylation is 1. The largest absolute Gasteiger partial charge is 0.466 e. The van der Waals surface area contributed by atoms with Crippen molar-refractivity contribution in [3.63, 3.8) is 0 Å². The van der Waals surface area contributed by atoms with Crippen LogP contribution in [0.1, 0.15) is 30.9 Å². The number of likely N-dealkylation sites (tertiary alicyclic amines) is 1. The molecule has 126 valence electrons. The lowest BCUT2D eigenvalue weighted by atomic mass is 9.98. The van der Waals surface area contributed by atoms with E-state index >= 15 is 0 Å². The van der Waals surface area contributed by atoms with Gasteiger partial charge in [0.1, 0.15) is 0 Å². The molecule has 2 rings (SSSR count). The van der Waals surface area contributed by atoms with E-state index < -0.39 is 0 Å². The Labute approximate surface area is 138 Å². The molecule has 0 bridgehead atoms.